The summed E-state index contributed by atoms with van der Waals surface area (Å²) >= 11 is 1.81. The summed E-state index contributed by atoms with van der Waals surface area (Å²) in [6, 6.07) is 0.0141. The smallest absolute Gasteiger partial charge is 0.150 e. The molecule has 1 rings (SSSR count). The molecular weight excluding hydrogens is 196 g/mol. The lowest BCUT2D eigenvalue weighted by molar-refractivity contribution is 0.593. The van der Waals surface area contributed by atoms with E-state index in [2.05, 4.69) is 16.3 Å². The minimum Gasteiger partial charge on any atom is -0.321 e. The van der Waals surface area contributed by atoms with Crippen LogP contribution in [0.25, 0.3) is 0 Å². The average molecular weight is 214 g/mol. The minimum atomic E-state index is 0.0141. The zero-order chi connectivity index (χ0) is 10.6. The summed E-state index contributed by atoms with van der Waals surface area (Å²) in [6.45, 7) is 2.05. The van der Waals surface area contributed by atoms with Crippen molar-refractivity contribution in [3.8, 4) is 0 Å². The highest BCUT2D eigenvalue weighted by Gasteiger charge is 2.13. The van der Waals surface area contributed by atoms with Crippen LogP contribution in [0.3, 0.4) is 0 Å². The molecule has 1 unspecified atom stereocenters. The third-order valence-electron chi connectivity index (χ3n) is 2.12. The van der Waals surface area contributed by atoms with Crippen LogP contribution in [-0.4, -0.2) is 26.8 Å². The fourth-order valence-electron chi connectivity index (χ4n) is 1.30. The van der Waals surface area contributed by atoms with Crippen LogP contribution in [0, 0.1) is 0 Å². The van der Waals surface area contributed by atoms with Gasteiger partial charge in [0.2, 0.25) is 0 Å². The third kappa shape index (κ3) is 2.72. The van der Waals surface area contributed by atoms with E-state index in [0.29, 0.717) is 0 Å². The summed E-state index contributed by atoms with van der Waals surface area (Å²) in [6.07, 6.45) is 3.90. The van der Waals surface area contributed by atoms with Gasteiger partial charge in [0.05, 0.1) is 6.04 Å². The number of thioether (sulfide) groups is 1. The Labute approximate surface area is 89.3 Å². The first-order chi connectivity index (χ1) is 6.69. The van der Waals surface area contributed by atoms with Gasteiger partial charge >= 0.3 is 0 Å². The van der Waals surface area contributed by atoms with Crippen molar-refractivity contribution in [2.24, 2.45) is 12.8 Å². The van der Waals surface area contributed by atoms with Crippen LogP contribution in [0.2, 0.25) is 0 Å². The number of hydrogen-bond donors (Lipinski definition) is 1. The van der Waals surface area contributed by atoms with Crippen LogP contribution < -0.4 is 5.73 Å². The standard InChI is InChI=1S/C9H18N4S/c1-4-8-11-9(13(2)12-8)7(10)5-6-14-3/h7H,4-6,10H2,1-3H3. The zero-order valence-corrected chi connectivity index (χ0v) is 9.84. The van der Waals surface area contributed by atoms with Crippen LogP contribution in [-0.2, 0) is 13.5 Å². The molecule has 0 aliphatic heterocycles. The molecular formula is C9H18N4S. The van der Waals surface area contributed by atoms with Gasteiger partial charge in [0, 0.05) is 13.5 Å². The van der Waals surface area contributed by atoms with Gasteiger partial charge < -0.3 is 5.73 Å². The number of aromatic nitrogens is 3. The minimum absolute atomic E-state index is 0.0141. The Hall–Kier alpha value is -0.550. The second kappa shape index (κ2) is 5.36. The van der Waals surface area contributed by atoms with E-state index >= 15 is 0 Å². The SMILES string of the molecule is CCc1nc(C(N)CCSC)n(C)n1. The maximum absolute atomic E-state index is 6.01. The fourth-order valence-corrected chi connectivity index (χ4v) is 1.79. The summed E-state index contributed by atoms with van der Waals surface area (Å²) < 4.78 is 1.80. The Morgan fingerprint density at radius 3 is 2.79 bits per heavy atom. The number of rotatable bonds is 5. The van der Waals surface area contributed by atoms with Gasteiger partial charge in [0.25, 0.3) is 0 Å². The van der Waals surface area contributed by atoms with E-state index in [-0.39, 0.29) is 6.04 Å². The number of nitrogens with two attached hydrogens (primary N) is 1. The first-order valence-corrected chi connectivity index (χ1v) is 6.22. The van der Waals surface area contributed by atoms with Crippen molar-refractivity contribution >= 4 is 11.8 Å². The van der Waals surface area contributed by atoms with Gasteiger partial charge in [-0.3, -0.25) is 4.68 Å². The predicted octanol–water partition coefficient (Wildman–Crippen LogP) is 1.13. The monoisotopic (exact) mass is 214 g/mol. The Morgan fingerprint density at radius 1 is 1.57 bits per heavy atom. The molecule has 2 N–H and O–H groups in total. The maximum atomic E-state index is 6.01. The molecule has 0 radical (unpaired) electrons. The van der Waals surface area contributed by atoms with Crippen molar-refractivity contribution in [3.05, 3.63) is 11.6 Å². The molecule has 1 aromatic rings. The molecule has 0 aromatic carbocycles. The Bertz CT molecular complexity index is 284. The van der Waals surface area contributed by atoms with Crippen LogP contribution >= 0.6 is 11.8 Å². The average Bonchev–Trinajstić information content (AvgIpc) is 2.56. The lowest BCUT2D eigenvalue weighted by Crippen LogP contribution is -2.16. The molecule has 0 saturated carbocycles. The first kappa shape index (κ1) is 11.5. The van der Waals surface area contributed by atoms with E-state index in [1.165, 1.54) is 0 Å². The summed E-state index contributed by atoms with van der Waals surface area (Å²) in [4.78, 5) is 4.40. The summed E-state index contributed by atoms with van der Waals surface area (Å²) in [5.41, 5.74) is 6.01. The zero-order valence-electron chi connectivity index (χ0n) is 9.03. The van der Waals surface area contributed by atoms with Crippen LogP contribution in [0.4, 0.5) is 0 Å². The molecule has 0 spiro atoms. The third-order valence-corrected chi connectivity index (χ3v) is 2.77. The van der Waals surface area contributed by atoms with Gasteiger partial charge in [-0.1, -0.05) is 6.92 Å². The highest BCUT2D eigenvalue weighted by molar-refractivity contribution is 7.98. The summed E-state index contributed by atoms with van der Waals surface area (Å²) in [5.74, 6) is 2.84. The molecule has 1 atom stereocenters. The molecule has 0 aliphatic carbocycles. The first-order valence-electron chi connectivity index (χ1n) is 4.83. The molecule has 80 valence electrons. The lowest BCUT2D eigenvalue weighted by Gasteiger charge is -2.08. The van der Waals surface area contributed by atoms with Crippen LogP contribution in [0.1, 0.15) is 31.0 Å². The van der Waals surface area contributed by atoms with Crippen molar-refractivity contribution in [2.45, 2.75) is 25.8 Å². The topological polar surface area (TPSA) is 56.7 Å². The van der Waals surface area contributed by atoms with Crippen LogP contribution in [0.5, 0.6) is 0 Å². The molecule has 0 bridgehead atoms. The van der Waals surface area contributed by atoms with Crippen molar-refractivity contribution < 1.29 is 0 Å². The Kier molecular flexibility index (Phi) is 4.41. The molecule has 0 amide bonds. The van der Waals surface area contributed by atoms with Crippen molar-refractivity contribution in [3.63, 3.8) is 0 Å². The highest BCUT2D eigenvalue weighted by atomic mass is 32.2. The van der Waals surface area contributed by atoms with Gasteiger partial charge in [-0.15, -0.1) is 0 Å². The molecule has 4 nitrogen and oxygen atoms in total. The van der Waals surface area contributed by atoms with E-state index in [4.69, 9.17) is 5.73 Å². The molecule has 0 aliphatic rings. The van der Waals surface area contributed by atoms with Crippen molar-refractivity contribution in [1.82, 2.24) is 14.8 Å². The molecule has 1 heterocycles. The highest BCUT2D eigenvalue weighted by Crippen LogP contribution is 2.13. The molecule has 0 saturated heterocycles. The molecule has 5 heteroatoms. The maximum Gasteiger partial charge on any atom is 0.150 e. The van der Waals surface area contributed by atoms with E-state index in [0.717, 1.165) is 30.2 Å². The van der Waals surface area contributed by atoms with Gasteiger partial charge in [0.1, 0.15) is 5.82 Å². The van der Waals surface area contributed by atoms with Gasteiger partial charge in [-0.25, -0.2) is 4.98 Å². The number of aryl methyl sites for hydroxylation is 2. The summed E-state index contributed by atoms with van der Waals surface area (Å²) in [5, 5.41) is 4.28. The van der Waals surface area contributed by atoms with Gasteiger partial charge in [-0.2, -0.15) is 16.9 Å². The largest absolute Gasteiger partial charge is 0.321 e. The molecule has 14 heavy (non-hydrogen) atoms. The van der Waals surface area contributed by atoms with Gasteiger partial charge in [-0.05, 0) is 18.4 Å². The van der Waals surface area contributed by atoms with Crippen molar-refractivity contribution in [2.75, 3.05) is 12.0 Å². The van der Waals surface area contributed by atoms with E-state index in [9.17, 15) is 0 Å². The fraction of sp³-hybridized carbons (Fsp3) is 0.778. The Balaban J connectivity index is 2.68. The normalized spacial score (nSPS) is 13.1. The number of nitrogens with zero attached hydrogens (tertiary/aromatic N) is 3. The van der Waals surface area contributed by atoms with Crippen molar-refractivity contribution in [1.29, 1.82) is 0 Å². The summed E-state index contributed by atoms with van der Waals surface area (Å²) in [7, 11) is 1.90. The van der Waals surface area contributed by atoms with E-state index in [1.54, 1.807) is 16.4 Å². The second-order valence-electron chi connectivity index (χ2n) is 3.25. The lowest BCUT2D eigenvalue weighted by atomic mass is 10.2. The second-order valence-corrected chi connectivity index (χ2v) is 4.24. The molecule has 1 aromatic heterocycles. The molecule has 0 fully saturated rings. The van der Waals surface area contributed by atoms with Gasteiger partial charge in [0.15, 0.2) is 5.82 Å². The predicted molar refractivity (Wildman–Crippen MR) is 60.3 cm³/mol. The Morgan fingerprint density at radius 2 is 2.29 bits per heavy atom. The quantitative estimate of drug-likeness (QED) is 0.798. The van der Waals surface area contributed by atoms with E-state index in [1.807, 2.05) is 14.0 Å². The van der Waals surface area contributed by atoms with E-state index < -0.39 is 0 Å². The van der Waals surface area contributed by atoms with Crippen LogP contribution in [0.15, 0.2) is 0 Å². The number of hydrogen-bond acceptors (Lipinski definition) is 4.